The summed E-state index contributed by atoms with van der Waals surface area (Å²) in [6.07, 6.45) is 3.05. The number of benzene rings is 1. The quantitative estimate of drug-likeness (QED) is 0.792. The van der Waals surface area contributed by atoms with Gasteiger partial charge < -0.3 is 4.90 Å². The van der Waals surface area contributed by atoms with Crippen molar-refractivity contribution in [2.24, 2.45) is 5.92 Å². The SMILES string of the molecule is CC(C)CCN(C(=O)c1ccc(Br)cc1F)C1CC1. The lowest BCUT2D eigenvalue weighted by Gasteiger charge is -2.23. The zero-order valence-electron chi connectivity index (χ0n) is 11.3. The molecule has 0 unspecified atom stereocenters. The third kappa shape index (κ3) is 3.78. The second kappa shape index (κ2) is 6.04. The highest BCUT2D eigenvalue weighted by Gasteiger charge is 2.33. The molecule has 1 saturated carbocycles. The predicted molar refractivity (Wildman–Crippen MR) is 77.6 cm³/mol. The Balaban J connectivity index is 2.14. The van der Waals surface area contributed by atoms with Crippen molar-refractivity contribution in [1.29, 1.82) is 0 Å². The van der Waals surface area contributed by atoms with Gasteiger partial charge in [-0.25, -0.2) is 4.39 Å². The van der Waals surface area contributed by atoms with E-state index in [0.29, 0.717) is 16.4 Å². The number of rotatable bonds is 5. The van der Waals surface area contributed by atoms with E-state index in [1.807, 2.05) is 4.90 Å². The number of hydrogen-bond acceptors (Lipinski definition) is 1. The van der Waals surface area contributed by atoms with E-state index >= 15 is 0 Å². The van der Waals surface area contributed by atoms with Crippen LogP contribution < -0.4 is 0 Å². The van der Waals surface area contributed by atoms with Crippen molar-refractivity contribution in [3.05, 3.63) is 34.1 Å². The normalized spacial score (nSPS) is 14.8. The van der Waals surface area contributed by atoms with Crippen molar-refractivity contribution >= 4 is 21.8 Å². The van der Waals surface area contributed by atoms with Gasteiger partial charge in [-0.1, -0.05) is 29.8 Å². The Morgan fingerprint density at radius 1 is 1.47 bits per heavy atom. The van der Waals surface area contributed by atoms with Crippen molar-refractivity contribution < 1.29 is 9.18 Å². The average Bonchev–Trinajstić information content (AvgIpc) is 3.13. The van der Waals surface area contributed by atoms with Gasteiger partial charge in [-0.3, -0.25) is 4.79 Å². The maximum atomic E-state index is 13.9. The van der Waals surface area contributed by atoms with Crippen LogP contribution in [-0.4, -0.2) is 23.4 Å². The van der Waals surface area contributed by atoms with Gasteiger partial charge in [0.2, 0.25) is 0 Å². The minimum absolute atomic E-state index is 0.173. The molecule has 1 aromatic rings. The topological polar surface area (TPSA) is 20.3 Å². The summed E-state index contributed by atoms with van der Waals surface area (Å²) in [4.78, 5) is 14.3. The van der Waals surface area contributed by atoms with E-state index in [2.05, 4.69) is 29.8 Å². The zero-order chi connectivity index (χ0) is 14.0. The first kappa shape index (κ1) is 14.5. The molecule has 2 rings (SSSR count). The summed E-state index contributed by atoms with van der Waals surface area (Å²) < 4.78 is 14.5. The standard InChI is InChI=1S/C15H19BrFNO/c1-10(2)7-8-18(12-4-5-12)15(19)13-6-3-11(16)9-14(13)17/h3,6,9-10,12H,4-5,7-8H2,1-2H3. The summed E-state index contributed by atoms with van der Waals surface area (Å²) in [5, 5.41) is 0. The van der Waals surface area contributed by atoms with Crippen LogP contribution in [0.5, 0.6) is 0 Å². The number of carbonyl (C=O) groups excluding carboxylic acids is 1. The molecule has 0 bridgehead atoms. The molecule has 0 spiro atoms. The van der Waals surface area contributed by atoms with E-state index < -0.39 is 5.82 Å². The van der Waals surface area contributed by atoms with Crippen LogP contribution in [0.15, 0.2) is 22.7 Å². The lowest BCUT2D eigenvalue weighted by molar-refractivity contribution is 0.0730. The van der Waals surface area contributed by atoms with Gasteiger partial charge >= 0.3 is 0 Å². The van der Waals surface area contributed by atoms with E-state index in [-0.39, 0.29) is 11.5 Å². The molecule has 0 N–H and O–H groups in total. The van der Waals surface area contributed by atoms with Crippen LogP contribution in [-0.2, 0) is 0 Å². The molecule has 104 valence electrons. The Hall–Kier alpha value is -0.900. The summed E-state index contributed by atoms with van der Waals surface area (Å²) in [6, 6.07) is 4.94. The molecule has 19 heavy (non-hydrogen) atoms. The van der Waals surface area contributed by atoms with Crippen LogP contribution in [0, 0.1) is 11.7 Å². The van der Waals surface area contributed by atoms with Gasteiger partial charge in [0.05, 0.1) is 5.56 Å². The first-order valence-electron chi connectivity index (χ1n) is 6.75. The second-order valence-electron chi connectivity index (χ2n) is 5.54. The summed E-state index contributed by atoms with van der Waals surface area (Å²) in [5.41, 5.74) is 0.179. The highest BCUT2D eigenvalue weighted by Crippen LogP contribution is 2.29. The summed E-state index contributed by atoms with van der Waals surface area (Å²) in [6.45, 7) is 4.99. The van der Waals surface area contributed by atoms with Gasteiger partial charge in [0.25, 0.3) is 5.91 Å². The highest BCUT2D eigenvalue weighted by molar-refractivity contribution is 9.10. The third-order valence-electron chi connectivity index (χ3n) is 3.36. The lowest BCUT2D eigenvalue weighted by Crippen LogP contribution is -2.35. The molecule has 1 fully saturated rings. The zero-order valence-corrected chi connectivity index (χ0v) is 12.9. The van der Waals surface area contributed by atoms with Crippen molar-refractivity contribution in [1.82, 2.24) is 4.90 Å². The van der Waals surface area contributed by atoms with Gasteiger partial charge in [0.15, 0.2) is 0 Å². The van der Waals surface area contributed by atoms with E-state index in [1.165, 1.54) is 6.07 Å². The fourth-order valence-corrected chi connectivity index (χ4v) is 2.38. The monoisotopic (exact) mass is 327 g/mol. The summed E-state index contributed by atoms with van der Waals surface area (Å²) >= 11 is 3.21. The maximum absolute atomic E-state index is 13.9. The molecule has 0 saturated heterocycles. The Labute approximate surface area is 122 Å². The first-order chi connectivity index (χ1) is 8.99. The molecular formula is C15H19BrFNO. The largest absolute Gasteiger partial charge is 0.336 e. The first-order valence-corrected chi connectivity index (χ1v) is 7.54. The van der Waals surface area contributed by atoms with E-state index in [0.717, 1.165) is 25.8 Å². The van der Waals surface area contributed by atoms with Crippen molar-refractivity contribution in [2.45, 2.75) is 39.2 Å². The van der Waals surface area contributed by atoms with Crippen molar-refractivity contribution in [3.8, 4) is 0 Å². The average molecular weight is 328 g/mol. The number of halogens is 2. The van der Waals surface area contributed by atoms with Gasteiger partial charge in [-0.15, -0.1) is 0 Å². The molecule has 0 aliphatic heterocycles. The summed E-state index contributed by atoms with van der Waals surface area (Å²) in [5.74, 6) is -0.0773. The third-order valence-corrected chi connectivity index (χ3v) is 3.85. The summed E-state index contributed by atoms with van der Waals surface area (Å²) in [7, 11) is 0. The van der Waals surface area contributed by atoms with Gasteiger partial charge in [0.1, 0.15) is 5.82 Å². The molecule has 2 nitrogen and oxygen atoms in total. The molecule has 1 amide bonds. The molecule has 0 atom stereocenters. The molecular weight excluding hydrogens is 309 g/mol. The van der Waals surface area contributed by atoms with Crippen LogP contribution >= 0.6 is 15.9 Å². The van der Waals surface area contributed by atoms with E-state index in [4.69, 9.17) is 0 Å². The number of nitrogens with zero attached hydrogens (tertiary/aromatic N) is 1. The minimum Gasteiger partial charge on any atom is -0.336 e. The van der Waals surface area contributed by atoms with Gasteiger partial charge in [0, 0.05) is 17.1 Å². The fraction of sp³-hybridized carbons (Fsp3) is 0.533. The van der Waals surface area contributed by atoms with Crippen LogP contribution in [0.2, 0.25) is 0 Å². The molecule has 1 aliphatic carbocycles. The molecule has 0 radical (unpaired) electrons. The number of carbonyl (C=O) groups is 1. The highest BCUT2D eigenvalue weighted by atomic mass is 79.9. The fourth-order valence-electron chi connectivity index (χ4n) is 2.05. The molecule has 4 heteroatoms. The Morgan fingerprint density at radius 2 is 2.16 bits per heavy atom. The Bertz CT molecular complexity index is 471. The smallest absolute Gasteiger partial charge is 0.257 e. The minimum atomic E-state index is -0.449. The predicted octanol–water partition coefficient (Wildman–Crippen LogP) is 4.24. The molecule has 1 aliphatic rings. The van der Waals surface area contributed by atoms with Crippen LogP contribution in [0.25, 0.3) is 0 Å². The Kier molecular flexibility index (Phi) is 4.61. The number of hydrogen-bond donors (Lipinski definition) is 0. The second-order valence-corrected chi connectivity index (χ2v) is 6.45. The number of amides is 1. The van der Waals surface area contributed by atoms with Gasteiger partial charge in [-0.2, -0.15) is 0 Å². The molecule has 0 heterocycles. The lowest BCUT2D eigenvalue weighted by atomic mass is 10.1. The molecule has 0 aromatic heterocycles. The van der Waals surface area contributed by atoms with E-state index in [9.17, 15) is 9.18 Å². The Morgan fingerprint density at radius 3 is 2.68 bits per heavy atom. The van der Waals surface area contributed by atoms with Crippen LogP contribution in [0.1, 0.15) is 43.5 Å². The van der Waals surface area contributed by atoms with Crippen molar-refractivity contribution in [2.75, 3.05) is 6.54 Å². The van der Waals surface area contributed by atoms with Gasteiger partial charge in [-0.05, 0) is 43.4 Å². The van der Waals surface area contributed by atoms with Crippen molar-refractivity contribution in [3.63, 3.8) is 0 Å². The van der Waals surface area contributed by atoms with E-state index in [1.54, 1.807) is 12.1 Å². The maximum Gasteiger partial charge on any atom is 0.257 e. The van der Waals surface area contributed by atoms with Crippen LogP contribution in [0.3, 0.4) is 0 Å². The van der Waals surface area contributed by atoms with Crippen LogP contribution in [0.4, 0.5) is 4.39 Å². The molecule has 1 aromatic carbocycles.